The first-order chi connectivity index (χ1) is 7.77. The molecule has 0 saturated heterocycles. The van der Waals surface area contributed by atoms with Crippen LogP contribution in [0.1, 0.15) is 32.1 Å². The van der Waals surface area contributed by atoms with Gasteiger partial charge in [-0.3, -0.25) is 0 Å². The van der Waals surface area contributed by atoms with E-state index < -0.39 is 0 Å². The Labute approximate surface area is 96.9 Å². The van der Waals surface area contributed by atoms with Crippen molar-refractivity contribution in [3.63, 3.8) is 0 Å². The van der Waals surface area contributed by atoms with Crippen molar-refractivity contribution in [2.45, 2.75) is 32.1 Å². The zero-order chi connectivity index (χ0) is 11.4. The Balaban J connectivity index is 1.96. The molecule has 0 radical (unpaired) electrons. The summed E-state index contributed by atoms with van der Waals surface area (Å²) in [5, 5.41) is 0. The highest BCUT2D eigenvalue weighted by molar-refractivity contribution is 5.60. The summed E-state index contributed by atoms with van der Waals surface area (Å²) in [6.45, 7) is 1.06. The summed E-state index contributed by atoms with van der Waals surface area (Å²) in [4.78, 5) is 10.3. The van der Waals surface area contributed by atoms with Crippen LogP contribution in [0.4, 0.5) is 11.5 Å². The van der Waals surface area contributed by atoms with Gasteiger partial charge in [-0.15, -0.1) is 0 Å². The van der Waals surface area contributed by atoms with E-state index in [9.17, 15) is 0 Å². The van der Waals surface area contributed by atoms with E-state index in [-0.39, 0.29) is 0 Å². The van der Waals surface area contributed by atoms with Gasteiger partial charge in [-0.1, -0.05) is 19.3 Å². The predicted molar refractivity (Wildman–Crippen MR) is 66.3 cm³/mol. The van der Waals surface area contributed by atoms with E-state index in [2.05, 4.69) is 21.9 Å². The van der Waals surface area contributed by atoms with Crippen LogP contribution in [0.2, 0.25) is 0 Å². The highest BCUT2D eigenvalue weighted by Crippen LogP contribution is 2.26. The van der Waals surface area contributed by atoms with E-state index in [0.717, 1.165) is 18.3 Å². The second-order valence-electron chi connectivity index (χ2n) is 4.69. The number of anilines is 2. The van der Waals surface area contributed by atoms with Gasteiger partial charge in [-0.05, 0) is 18.8 Å². The molecule has 0 atom stereocenters. The monoisotopic (exact) mass is 220 g/mol. The Kier molecular flexibility index (Phi) is 3.59. The van der Waals surface area contributed by atoms with Crippen LogP contribution in [0, 0.1) is 5.92 Å². The highest BCUT2D eigenvalue weighted by Gasteiger charge is 2.17. The smallest absolute Gasteiger partial charge is 0.154 e. The van der Waals surface area contributed by atoms with Crippen LogP contribution in [0.15, 0.2) is 12.5 Å². The summed E-state index contributed by atoms with van der Waals surface area (Å²) in [5.74, 6) is 1.66. The van der Waals surface area contributed by atoms with Crippen LogP contribution in [0.5, 0.6) is 0 Å². The van der Waals surface area contributed by atoms with Gasteiger partial charge < -0.3 is 10.6 Å². The topological polar surface area (TPSA) is 55.0 Å². The molecule has 1 aromatic heterocycles. The Hall–Kier alpha value is -1.32. The second kappa shape index (κ2) is 5.14. The van der Waals surface area contributed by atoms with Crippen LogP contribution in [-0.2, 0) is 0 Å². The third kappa shape index (κ3) is 2.62. The maximum absolute atomic E-state index is 5.86. The molecule has 0 aromatic carbocycles. The molecule has 1 aromatic rings. The fraction of sp³-hybridized carbons (Fsp3) is 0.667. The Bertz CT molecular complexity index is 334. The molecule has 1 fully saturated rings. The third-order valence-corrected chi connectivity index (χ3v) is 3.34. The number of hydrogen-bond donors (Lipinski definition) is 1. The summed E-state index contributed by atoms with van der Waals surface area (Å²) in [6.07, 6.45) is 10.1. The standard InChI is InChI=1S/C12H20N4/c1-16(8-10-5-3-2-4-6-10)12-11(13)7-14-9-15-12/h7,9-10H,2-6,8,13H2,1H3. The van der Waals surface area contributed by atoms with Gasteiger partial charge in [0.25, 0.3) is 0 Å². The zero-order valence-electron chi connectivity index (χ0n) is 9.89. The lowest BCUT2D eigenvalue weighted by Gasteiger charge is -2.28. The molecule has 0 bridgehead atoms. The van der Waals surface area contributed by atoms with Crippen LogP contribution >= 0.6 is 0 Å². The van der Waals surface area contributed by atoms with E-state index in [1.165, 1.54) is 32.1 Å². The lowest BCUT2D eigenvalue weighted by atomic mass is 9.89. The van der Waals surface area contributed by atoms with Crippen molar-refractivity contribution in [2.24, 2.45) is 5.92 Å². The zero-order valence-corrected chi connectivity index (χ0v) is 9.89. The Morgan fingerprint density at radius 1 is 1.38 bits per heavy atom. The van der Waals surface area contributed by atoms with Crippen molar-refractivity contribution in [1.82, 2.24) is 9.97 Å². The molecule has 2 rings (SSSR count). The van der Waals surface area contributed by atoms with Crippen molar-refractivity contribution in [3.05, 3.63) is 12.5 Å². The molecule has 0 amide bonds. The van der Waals surface area contributed by atoms with E-state index in [4.69, 9.17) is 5.73 Å². The number of nitrogens with zero attached hydrogens (tertiary/aromatic N) is 3. The number of nitrogens with two attached hydrogens (primary N) is 1. The molecule has 1 aliphatic rings. The largest absolute Gasteiger partial charge is 0.394 e. The van der Waals surface area contributed by atoms with Gasteiger partial charge in [-0.25, -0.2) is 9.97 Å². The first-order valence-corrected chi connectivity index (χ1v) is 6.04. The molecule has 16 heavy (non-hydrogen) atoms. The SMILES string of the molecule is CN(CC1CCCCC1)c1ncncc1N. The molecular weight excluding hydrogens is 200 g/mol. The quantitative estimate of drug-likeness (QED) is 0.847. The minimum atomic E-state index is 0.667. The van der Waals surface area contributed by atoms with E-state index >= 15 is 0 Å². The van der Waals surface area contributed by atoms with Crippen molar-refractivity contribution in [3.8, 4) is 0 Å². The molecule has 0 aliphatic heterocycles. The van der Waals surface area contributed by atoms with Gasteiger partial charge >= 0.3 is 0 Å². The molecule has 0 unspecified atom stereocenters. The van der Waals surface area contributed by atoms with Crippen LogP contribution in [-0.4, -0.2) is 23.6 Å². The third-order valence-electron chi connectivity index (χ3n) is 3.34. The molecule has 1 heterocycles. The molecule has 4 nitrogen and oxygen atoms in total. The summed E-state index contributed by atoms with van der Waals surface area (Å²) in [5.41, 5.74) is 6.53. The number of nitrogen functional groups attached to an aromatic ring is 1. The Morgan fingerprint density at radius 3 is 2.81 bits per heavy atom. The van der Waals surface area contributed by atoms with Crippen molar-refractivity contribution in [2.75, 3.05) is 24.2 Å². The van der Waals surface area contributed by atoms with Crippen molar-refractivity contribution < 1.29 is 0 Å². The van der Waals surface area contributed by atoms with Crippen LogP contribution in [0.3, 0.4) is 0 Å². The maximum atomic E-state index is 5.86. The minimum Gasteiger partial charge on any atom is -0.394 e. The summed E-state index contributed by atoms with van der Waals surface area (Å²) >= 11 is 0. The van der Waals surface area contributed by atoms with Gasteiger partial charge in [0.15, 0.2) is 5.82 Å². The van der Waals surface area contributed by atoms with Gasteiger partial charge in [0.1, 0.15) is 6.33 Å². The number of hydrogen-bond acceptors (Lipinski definition) is 4. The molecule has 88 valence electrons. The molecule has 2 N–H and O–H groups in total. The predicted octanol–water partition coefficient (Wildman–Crippen LogP) is 2.08. The average molecular weight is 220 g/mol. The molecule has 4 heteroatoms. The van der Waals surface area contributed by atoms with E-state index in [1.54, 1.807) is 12.5 Å². The van der Waals surface area contributed by atoms with Crippen LogP contribution < -0.4 is 10.6 Å². The normalized spacial score (nSPS) is 17.3. The van der Waals surface area contributed by atoms with Crippen LogP contribution in [0.25, 0.3) is 0 Å². The fourth-order valence-corrected chi connectivity index (χ4v) is 2.50. The van der Waals surface area contributed by atoms with Crippen molar-refractivity contribution >= 4 is 11.5 Å². The second-order valence-corrected chi connectivity index (χ2v) is 4.69. The molecule has 1 saturated carbocycles. The summed E-state index contributed by atoms with van der Waals surface area (Å²) in [7, 11) is 2.06. The lowest BCUT2D eigenvalue weighted by Crippen LogP contribution is -2.28. The maximum Gasteiger partial charge on any atom is 0.154 e. The van der Waals surface area contributed by atoms with Gasteiger partial charge in [0.05, 0.1) is 11.9 Å². The average Bonchev–Trinajstić information content (AvgIpc) is 2.31. The van der Waals surface area contributed by atoms with Gasteiger partial charge in [-0.2, -0.15) is 0 Å². The van der Waals surface area contributed by atoms with Crippen molar-refractivity contribution in [1.29, 1.82) is 0 Å². The van der Waals surface area contributed by atoms with Gasteiger partial charge in [0, 0.05) is 13.6 Å². The van der Waals surface area contributed by atoms with E-state index in [1.807, 2.05) is 0 Å². The summed E-state index contributed by atoms with van der Waals surface area (Å²) in [6, 6.07) is 0. The first kappa shape index (κ1) is 11.2. The molecule has 0 spiro atoms. The number of aromatic nitrogens is 2. The van der Waals surface area contributed by atoms with Gasteiger partial charge in [0.2, 0.25) is 0 Å². The molecular formula is C12H20N4. The molecule has 1 aliphatic carbocycles. The first-order valence-electron chi connectivity index (χ1n) is 6.04. The highest BCUT2D eigenvalue weighted by atomic mass is 15.2. The number of rotatable bonds is 3. The minimum absolute atomic E-state index is 0.667. The summed E-state index contributed by atoms with van der Waals surface area (Å²) < 4.78 is 0. The lowest BCUT2D eigenvalue weighted by molar-refractivity contribution is 0.361. The Morgan fingerprint density at radius 2 is 2.12 bits per heavy atom. The van der Waals surface area contributed by atoms with E-state index in [0.29, 0.717) is 5.69 Å². The fourth-order valence-electron chi connectivity index (χ4n) is 2.50.